The second kappa shape index (κ2) is 8.35. The molecule has 4 heteroatoms. The van der Waals surface area contributed by atoms with E-state index in [-0.39, 0.29) is 47.3 Å². The first-order chi connectivity index (χ1) is 24.3. The summed E-state index contributed by atoms with van der Waals surface area (Å²) in [5.41, 5.74) is 3.98. The van der Waals surface area contributed by atoms with Crippen LogP contribution < -0.4 is 0 Å². The van der Waals surface area contributed by atoms with Crippen LogP contribution in [0.4, 0.5) is 0 Å². The van der Waals surface area contributed by atoms with Gasteiger partial charge in [-0.25, -0.2) is 0 Å². The van der Waals surface area contributed by atoms with Gasteiger partial charge in [-0.05, 0) is 121 Å². The molecule has 2 saturated carbocycles. The summed E-state index contributed by atoms with van der Waals surface area (Å²) in [6.07, 6.45) is 6.57. The highest BCUT2D eigenvalue weighted by atomic mass is 32.1. The van der Waals surface area contributed by atoms with E-state index in [0.717, 1.165) is 104 Å². The molecule has 8 aromatic rings. The second-order valence-electron chi connectivity index (χ2n) is 14.5. The zero-order valence-electron chi connectivity index (χ0n) is 29.2. The van der Waals surface area contributed by atoms with Gasteiger partial charge in [0.2, 0.25) is 0 Å². The van der Waals surface area contributed by atoms with E-state index in [9.17, 15) is 15.1 Å². The van der Waals surface area contributed by atoms with Crippen molar-refractivity contribution in [2.45, 2.75) is 63.2 Å². The predicted molar refractivity (Wildman–Crippen MR) is 190 cm³/mol. The highest BCUT2D eigenvalue weighted by Gasteiger charge is 2.38. The van der Waals surface area contributed by atoms with Crippen molar-refractivity contribution in [1.82, 2.24) is 4.40 Å². The maximum absolute atomic E-state index is 14.2. The molecule has 3 heterocycles. The van der Waals surface area contributed by atoms with E-state index in [0.29, 0.717) is 45.0 Å². The van der Waals surface area contributed by atoms with Crippen LogP contribution in [0.5, 0.6) is 0 Å². The molecule has 4 bridgehead atoms. The number of nitrogens with zero attached hydrogens (tertiary/aromatic N) is 1. The average molecular weight is 618 g/mol. The zero-order chi connectivity index (χ0) is 33.5. The van der Waals surface area contributed by atoms with E-state index in [1.807, 2.05) is 4.40 Å². The Kier molecular flexibility index (Phi) is 3.90. The normalized spacial score (nSPS) is 25.6. The molecule has 2 fully saturated rings. The third kappa shape index (κ3) is 2.88. The lowest BCUT2D eigenvalue weighted by atomic mass is 9.82. The monoisotopic (exact) mass is 617 g/mol. The largest absolute Gasteiger partial charge is 0.308 e. The molecular formula is C42H31NO2S. The molecule has 3 aromatic heterocycles. The van der Waals surface area contributed by atoms with Gasteiger partial charge in [0.1, 0.15) is 0 Å². The third-order valence-electron chi connectivity index (χ3n) is 12.3. The lowest BCUT2D eigenvalue weighted by Gasteiger charge is -2.22. The molecular weight excluding hydrogens is 583 g/mol. The maximum Gasteiger partial charge on any atom is 0.166 e. The van der Waals surface area contributed by atoms with Crippen LogP contribution in [0.3, 0.4) is 0 Å². The van der Waals surface area contributed by atoms with Crippen molar-refractivity contribution in [3.8, 4) is 0 Å². The van der Waals surface area contributed by atoms with Gasteiger partial charge in [-0.2, -0.15) is 0 Å². The Bertz CT molecular complexity index is 2930. The first kappa shape index (κ1) is 21.5. The average Bonchev–Trinajstić information content (AvgIpc) is 3.46. The van der Waals surface area contributed by atoms with Crippen LogP contribution >= 0.6 is 11.3 Å². The van der Waals surface area contributed by atoms with Gasteiger partial charge in [0.15, 0.2) is 11.6 Å². The van der Waals surface area contributed by atoms with E-state index in [1.54, 1.807) is 11.3 Å². The molecule has 6 aliphatic carbocycles. The molecule has 6 aliphatic rings. The minimum absolute atomic E-state index is 0.0186. The zero-order valence-corrected chi connectivity index (χ0v) is 26.0. The van der Waals surface area contributed by atoms with Crippen molar-refractivity contribution >= 4 is 91.9 Å². The van der Waals surface area contributed by atoms with Crippen LogP contribution in [0.1, 0.15) is 101 Å². The van der Waals surface area contributed by atoms with Gasteiger partial charge in [-0.3, -0.25) is 9.59 Å². The van der Waals surface area contributed by atoms with Gasteiger partial charge >= 0.3 is 0 Å². The summed E-state index contributed by atoms with van der Waals surface area (Å²) >= 11 is 1.69. The number of carbonyl (C=O) groups excluding carboxylic acids is 2. The van der Waals surface area contributed by atoms with Crippen LogP contribution in [0.15, 0.2) is 66.6 Å². The second-order valence-corrected chi connectivity index (χ2v) is 15.5. The lowest BCUT2D eigenvalue weighted by Crippen LogP contribution is -2.15. The maximum atomic E-state index is 14.2. The van der Waals surface area contributed by atoms with Crippen molar-refractivity contribution in [3.05, 3.63) is 88.9 Å². The van der Waals surface area contributed by atoms with Crippen LogP contribution in [0.25, 0.3) is 69.0 Å². The molecule has 0 atom stereocenters. The number of hydrogen-bond acceptors (Lipinski definition) is 3. The van der Waals surface area contributed by atoms with Crippen molar-refractivity contribution in [3.63, 3.8) is 0 Å². The van der Waals surface area contributed by atoms with Gasteiger partial charge in [0, 0.05) is 64.7 Å². The number of benzene rings is 5. The fourth-order valence-corrected chi connectivity index (χ4v) is 11.4. The van der Waals surface area contributed by atoms with Gasteiger partial charge in [0.05, 0.1) is 22.0 Å². The summed E-state index contributed by atoms with van der Waals surface area (Å²) in [4.78, 5) is 28.4. The molecule has 14 rings (SSSR count). The Labute approximate surface area is 274 Å². The van der Waals surface area contributed by atoms with Crippen molar-refractivity contribution in [1.29, 1.82) is 0 Å². The number of rotatable bonds is 0. The van der Waals surface area contributed by atoms with Gasteiger partial charge < -0.3 is 4.40 Å². The fourth-order valence-electron chi connectivity index (χ4n) is 10.1. The quantitative estimate of drug-likeness (QED) is 0.125. The first-order valence-corrected chi connectivity index (χ1v) is 17.8. The summed E-state index contributed by atoms with van der Waals surface area (Å²) in [5.74, 6) is -0.151. The Balaban J connectivity index is 1.40. The van der Waals surface area contributed by atoms with Gasteiger partial charge in [-0.15, -0.1) is 11.3 Å². The summed E-state index contributed by atoms with van der Waals surface area (Å²) in [5, 5.41) is 7.48. The number of ketones is 2. The van der Waals surface area contributed by atoms with Crippen LogP contribution in [-0.2, 0) is 0 Å². The van der Waals surface area contributed by atoms with E-state index in [1.165, 1.54) is 5.39 Å². The number of fused-ring (bicyclic) bond motifs is 13. The highest BCUT2D eigenvalue weighted by Crippen LogP contribution is 2.52. The Morgan fingerprint density at radius 1 is 0.609 bits per heavy atom. The molecule has 5 aromatic carbocycles. The van der Waals surface area contributed by atoms with E-state index in [4.69, 9.17) is 0 Å². The molecule has 0 radical (unpaired) electrons. The Morgan fingerprint density at radius 3 is 1.87 bits per heavy atom. The lowest BCUT2D eigenvalue weighted by molar-refractivity contribution is 0.0891. The van der Waals surface area contributed by atoms with E-state index < -0.39 is 0 Å². The molecule has 0 aliphatic heterocycles. The summed E-state index contributed by atoms with van der Waals surface area (Å²) < 4.78 is 43.7. The van der Waals surface area contributed by atoms with Crippen molar-refractivity contribution in [2.75, 3.05) is 0 Å². The summed E-state index contributed by atoms with van der Waals surface area (Å²) in [6.45, 7) is 0. The third-order valence-corrected chi connectivity index (χ3v) is 13.5. The summed E-state index contributed by atoms with van der Waals surface area (Å²) in [6, 6.07) is 15.9. The molecule has 3 nitrogen and oxygen atoms in total. The van der Waals surface area contributed by atoms with Gasteiger partial charge in [-0.1, -0.05) is 30.3 Å². The van der Waals surface area contributed by atoms with Crippen LogP contribution in [0, 0.1) is 11.8 Å². The highest BCUT2D eigenvalue weighted by molar-refractivity contribution is 7.26. The van der Waals surface area contributed by atoms with Gasteiger partial charge in [0.25, 0.3) is 0 Å². The minimum Gasteiger partial charge on any atom is -0.308 e. The standard InChI is InChI=1S/C42H31NO2S/c44-40-23-11-7-20(8-12-23)26-15-28-29-17-32-25-5-1-3-22-4-2-6-36(37(22)25)46-42(32)38-33-16-27-21-9-13-24(14-10-21)41(45)31(27)19-35(33)43(39(29)38)34(28)18-30(26)40/h1-6,15-21,23-24H,7-14H2/i15D,16D,18D,19D. The first-order valence-electron chi connectivity index (χ1n) is 19.0. The Morgan fingerprint density at radius 2 is 1.20 bits per heavy atom. The minimum atomic E-state index is -0.130. The Hall–Kier alpha value is -4.28. The molecule has 0 spiro atoms. The van der Waals surface area contributed by atoms with E-state index in [2.05, 4.69) is 42.5 Å². The number of hydrogen-bond donors (Lipinski definition) is 0. The number of Topliss-reactive ketones (excluding diaryl/α,β-unsaturated/α-hetero) is 2. The number of carbonyl (C=O) groups is 2. The van der Waals surface area contributed by atoms with Crippen LogP contribution in [-0.4, -0.2) is 16.0 Å². The molecule has 0 saturated heterocycles. The fraction of sp³-hybridized carbons (Fsp3) is 0.286. The molecule has 0 N–H and O–H groups in total. The summed E-state index contributed by atoms with van der Waals surface area (Å²) in [7, 11) is 0. The topological polar surface area (TPSA) is 38.5 Å². The van der Waals surface area contributed by atoms with Crippen LogP contribution in [0.2, 0.25) is 0 Å². The smallest absolute Gasteiger partial charge is 0.166 e. The van der Waals surface area contributed by atoms with E-state index >= 15 is 0 Å². The van der Waals surface area contributed by atoms with Crippen molar-refractivity contribution in [2.24, 2.45) is 11.8 Å². The molecule has 222 valence electrons. The molecule has 0 unspecified atom stereocenters. The SMILES string of the molecule is [2H]c1c2c(c([2H])c3c1c1cc4c5cccc6cccc(sc4c4c7c([2H])c8c(c([2H])c7n3c14)C(=O)C1CCC8CC1)c65)C(=O)C1CCC2CC1. The molecule has 0 amide bonds. The molecule has 46 heavy (non-hydrogen) atoms. The van der Waals surface area contributed by atoms with Crippen molar-refractivity contribution < 1.29 is 15.1 Å². The number of aromatic nitrogens is 1. The predicted octanol–water partition coefficient (Wildman–Crippen LogP) is 11.3.